The summed E-state index contributed by atoms with van der Waals surface area (Å²) in [5, 5.41) is 0. The third-order valence-corrected chi connectivity index (χ3v) is 6.15. The number of hydrogen-bond acceptors (Lipinski definition) is 4. The lowest BCUT2D eigenvalue weighted by molar-refractivity contribution is -0.139. The monoisotopic (exact) mass is 348 g/mol. The van der Waals surface area contributed by atoms with Crippen LogP contribution in [-0.4, -0.2) is 66.9 Å². The molecule has 0 spiro atoms. The number of carbonyl (C=O) groups excluding carboxylic acids is 1. The van der Waals surface area contributed by atoms with E-state index >= 15 is 0 Å². The second-order valence-electron chi connectivity index (χ2n) is 6.75. The fourth-order valence-electron chi connectivity index (χ4n) is 3.41. The van der Waals surface area contributed by atoms with Crippen molar-refractivity contribution < 1.29 is 9.53 Å². The molecule has 0 aliphatic carbocycles. The number of hydrogen-bond donors (Lipinski definition) is 0. The van der Waals surface area contributed by atoms with Crippen molar-refractivity contribution in [2.75, 3.05) is 45.1 Å². The quantitative estimate of drug-likeness (QED) is 0.740. The number of morpholine rings is 1. The number of ether oxygens (including phenoxy) is 1. The highest BCUT2D eigenvalue weighted by Gasteiger charge is 2.28. The Labute approximate surface area is 149 Å². The molecule has 5 heteroatoms. The second-order valence-corrected chi connectivity index (χ2v) is 7.85. The Morgan fingerprint density at radius 2 is 2.08 bits per heavy atom. The first kappa shape index (κ1) is 17.8. The van der Waals surface area contributed by atoms with Gasteiger partial charge in [0, 0.05) is 30.3 Å². The van der Waals surface area contributed by atoms with Gasteiger partial charge < -0.3 is 9.64 Å². The first-order chi connectivity index (χ1) is 11.7. The summed E-state index contributed by atoms with van der Waals surface area (Å²) in [7, 11) is 0. The van der Waals surface area contributed by atoms with E-state index in [0.29, 0.717) is 19.1 Å². The van der Waals surface area contributed by atoms with Gasteiger partial charge in [-0.05, 0) is 37.4 Å². The van der Waals surface area contributed by atoms with E-state index in [1.54, 1.807) is 0 Å². The van der Waals surface area contributed by atoms with Gasteiger partial charge in [-0.25, -0.2) is 0 Å². The summed E-state index contributed by atoms with van der Waals surface area (Å²) in [6, 6.07) is 10.6. The van der Waals surface area contributed by atoms with Crippen LogP contribution in [0, 0.1) is 5.92 Å². The van der Waals surface area contributed by atoms with Gasteiger partial charge in [0.25, 0.3) is 0 Å². The topological polar surface area (TPSA) is 32.8 Å². The summed E-state index contributed by atoms with van der Waals surface area (Å²) >= 11 is 1.93. The highest BCUT2D eigenvalue weighted by molar-refractivity contribution is 7.99. The lowest BCUT2D eigenvalue weighted by Gasteiger charge is -2.33. The molecule has 1 aromatic carbocycles. The molecule has 0 radical (unpaired) electrons. The van der Waals surface area contributed by atoms with Crippen molar-refractivity contribution in [3.05, 3.63) is 30.3 Å². The number of nitrogens with zero attached hydrogens (tertiary/aromatic N) is 2. The van der Waals surface area contributed by atoms with E-state index in [0.717, 1.165) is 38.4 Å². The molecule has 1 amide bonds. The molecule has 0 N–H and O–H groups in total. The van der Waals surface area contributed by atoms with Crippen LogP contribution in [0.25, 0.3) is 0 Å². The average Bonchev–Trinajstić information content (AvgIpc) is 3.08. The van der Waals surface area contributed by atoms with Crippen LogP contribution in [0.15, 0.2) is 35.2 Å². The summed E-state index contributed by atoms with van der Waals surface area (Å²) in [5.41, 5.74) is 0. The Bertz CT molecular complexity index is 525. The zero-order valence-corrected chi connectivity index (χ0v) is 15.3. The van der Waals surface area contributed by atoms with Crippen LogP contribution >= 0.6 is 11.8 Å². The molecule has 0 saturated carbocycles. The summed E-state index contributed by atoms with van der Waals surface area (Å²) in [4.78, 5) is 18.2. The van der Waals surface area contributed by atoms with Crippen LogP contribution in [0.1, 0.15) is 19.8 Å². The summed E-state index contributed by atoms with van der Waals surface area (Å²) in [6.45, 7) is 6.98. The van der Waals surface area contributed by atoms with Gasteiger partial charge in [0.1, 0.15) is 0 Å². The zero-order chi connectivity index (χ0) is 16.8. The van der Waals surface area contributed by atoms with E-state index < -0.39 is 0 Å². The largest absolute Gasteiger partial charge is 0.375 e. The van der Waals surface area contributed by atoms with E-state index in [1.165, 1.54) is 11.3 Å². The molecule has 24 heavy (non-hydrogen) atoms. The Morgan fingerprint density at radius 1 is 1.25 bits per heavy atom. The van der Waals surface area contributed by atoms with E-state index in [1.807, 2.05) is 16.7 Å². The van der Waals surface area contributed by atoms with Gasteiger partial charge in [0.15, 0.2) is 0 Å². The standard InChI is InChI=1S/C19H28N2O2S/c1-2-17-13-21(10-11-23-17)19(22)14-20-9-8-16(12-20)15-24-18-6-4-3-5-7-18/h3-7,16-17H,2,8-15H2,1H3/t16-,17-/m0/s1. The fourth-order valence-corrected chi connectivity index (χ4v) is 4.46. The van der Waals surface area contributed by atoms with Gasteiger partial charge in [-0.3, -0.25) is 9.69 Å². The first-order valence-corrected chi connectivity index (χ1v) is 10.0. The van der Waals surface area contributed by atoms with Crippen molar-refractivity contribution >= 4 is 17.7 Å². The smallest absolute Gasteiger partial charge is 0.236 e. The van der Waals surface area contributed by atoms with Crippen LogP contribution in [-0.2, 0) is 9.53 Å². The predicted octanol–water partition coefficient (Wildman–Crippen LogP) is 2.74. The Hall–Kier alpha value is -1.04. The van der Waals surface area contributed by atoms with E-state index in [-0.39, 0.29) is 12.0 Å². The minimum atomic E-state index is 0.219. The molecule has 1 aromatic rings. The second kappa shape index (κ2) is 8.88. The van der Waals surface area contributed by atoms with Gasteiger partial charge >= 0.3 is 0 Å². The summed E-state index contributed by atoms with van der Waals surface area (Å²) in [6.07, 6.45) is 2.40. The van der Waals surface area contributed by atoms with Gasteiger partial charge in [-0.15, -0.1) is 11.8 Å². The Morgan fingerprint density at radius 3 is 2.88 bits per heavy atom. The maximum Gasteiger partial charge on any atom is 0.236 e. The molecule has 0 unspecified atom stereocenters. The average molecular weight is 349 g/mol. The molecule has 3 rings (SSSR count). The predicted molar refractivity (Wildman–Crippen MR) is 98.3 cm³/mol. The van der Waals surface area contributed by atoms with Crippen molar-refractivity contribution in [1.82, 2.24) is 9.80 Å². The van der Waals surface area contributed by atoms with E-state index in [9.17, 15) is 4.79 Å². The number of rotatable bonds is 6. The number of thioether (sulfide) groups is 1. The Kier molecular flexibility index (Phi) is 6.58. The molecular weight excluding hydrogens is 320 g/mol. The molecule has 2 aliphatic rings. The summed E-state index contributed by atoms with van der Waals surface area (Å²) in [5.74, 6) is 2.11. The third kappa shape index (κ3) is 4.98. The highest BCUT2D eigenvalue weighted by atomic mass is 32.2. The van der Waals surface area contributed by atoms with Crippen LogP contribution < -0.4 is 0 Å². The molecule has 4 nitrogen and oxygen atoms in total. The molecule has 0 aromatic heterocycles. The lowest BCUT2D eigenvalue weighted by Crippen LogP contribution is -2.48. The van der Waals surface area contributed by atoms with E-state index in [2.05, 4.69) is 42.2 Å². The number of carbonyl (C=O) groups is 1. The summed E-state index contributed by atoms with van der Waals surface area (Å²) < 4.78 is 5.66. The molecular formula is C19H28N2O2S. The van der Waals surface area contributed by atoms with Crippen molar-refractivity contribution in [2.45, 2.75) is 30.8 Å². The lowest BCUT2D eigenvalue weighted by atomic mass is 10.2. The maximum absolute atomic E-state index is 12.5. The fraction of sp³-hybridized carbons (Fsp3) is 0.632. The van der Waals surface area contributed by atoms with Crippen molar-refractivity contribution in [3.8, 4) is 0 Å². The zero-order valence-electron chi connectivity index (χ0n) is 14.5. The SMILES string of the molecule is CC[C@H]1CN(C(=O)CN2CC[C@H](CSc3ccccc3)C2)CCO1. The normalized spacial score (nSPS) is 25.1. The number of likely N-dealkylation sites (tertiary alicyclic amines) is 1. The van der Waals surface area contributed by atoms with Crippen LogP contribution in [0.5, 0.6) is 0 Å². The molecule has 2 aliphatic heterocycles. The minimum absolute atomic E-state index is 0.219. The van der Waals surface area contributed by atoms with Crippen molar-refractivity contribution in [1.29, 1.82) is 0 Å². The Balaban J connectivity index is 1.40. The van der Waals surface area contributed by atoms with Crippen LogP contribution in [0.2, 0.25) is 0 Å². The van der Waals surface area contributed by atoms with Gasteiger partial charge in [-0.2, -0.15) is 0 Å². The van der Waals surface area contributed by atoms with Crippen molar-refractivity contribution in [2.24, 2.45) is 5.92 Å². The maximum atomic E-state index is 12.5. The minimum Gasteiger partial charge on any atom is -0.375 e. The molecule has 2 fully saturated rings. The molecule has 132 valence electrons. The van der Waals surface area contributed by atoms with Crippen LogP contribution in [0.3, 0.4) is 0 Å². The van der Waals surface area contributed by atoms with Gasteiger partial charge in [-0.1, -0.05) is 25.1 Å². The number of amides is 1. The highest BCUT2D eigenvalue weighted by Crippen LogP contribution is 2.25. The van der Waals surface area contributed by atoms with Gasteiger partial charge in [0.05, 0.1) is 19.3 Å². The van der Waals surface area contributed by atoms with Crippen molar-refractivity contribution in [3.63, 3.8) is 0 Å². The molecule has 2 saturated heterocycles. The molecule has 2 atom stereocenters. The van der Waals surface area contributed by atoms with Gasteiger partial charge in [0.2, 0.25) is 5.91 Å². The third-order valence-electron chi connectivity index (χ3n) is 4.90. The van der Waals surface area contributed by atoms with Crippen LogP contribution in [0.4, 0.5) is 0 Å². The number of benzene rings is 1. The molecule has 2 heterocycles. The molecule has 0 bridgehead atoms. The first-order valence-electron chi connectivity index (χ1n) is 9.04. The van der Waals surface area contributed by atoms with E-state index in [4.69, 9.17) is 4.74 Å².